The minimum atomic E-state index is -0.0742. The van der Waals surface area contributed by atoms with E-state index < -0.39 is 0 Å². The Kier molecular flexibility index (Phi) is 1.36. The molecular formula is C10H15NO2. The monoisotopic (exact) mass is 181 g/mol. The number of hydrogen-bond acceptors (Lipinski definition) is 2. The summed E-state index contributed by atoms with van der Waals surface area (Å²) in [6.07, 6.45) is 2.57. The van der Waals surface area contributed by atoms with Crippen LogP contribution in [0.15, 0.2) is 0 Å². The predicted molar refractivity (Wildman–Crippen MR) is 47.2 cm³/mol. The first kappa shape index (κ1) is 7.80. The zero-order chi connectivity index (χ0) is 9.05. The van der Waals surface area contributed by atoms with Gasteiger partial charge in [-0.2, -0.15) is 0 Å². The predicted octanol–water partition coefficient (Wildman–Crippen LogP) is 0.644. The minimum Gasteiger partial charge on any atom is -0.363 e. The molecule has 13 heavy (non-hydrogen) atoms. The highest BCUT2D eigenvalue weighted by Gasteiger charge is 2.53. The molecule has 1 saturated carbocycles. The molecule has 72 valence electrons. The fourth-order valence-electron chi connectivity index (χ4n) is 2.99. The van der Waals surface area contributed by atoms with E-state index in [9.17, 15) is 4.79 Å². The van der Waals surface area contributed by atoms with Gasteiger partial charge < -0.3 is 9.64 Å². The third-order valence-corrected chi connectivity index (χ3v) is 3.54. The third kappa shape index (κ3) is 1.10. The van der Waals surface area contributed by atoms with Gasteiger partial charge in [0.15, 0.2) is 6.10 Å². The van der Waals surface area contributed by atoms with Gasteiger partial charge in [0.25, 0.3) is 5.91 Å². The van der Waals surface area contributed by atoms with Crippen molar-refractivity contribution in [2.24, 2.45) is 11.3 Å². The Morgan fingerprint density at radius 3 is 2.54 bits per heavy atom. The second-order valence-electron chi connectivity index (χ2n) is 5.03. The van der Waals surface area contributed by atoms with Crippen LogP contribution < -0.4 is 0 Å². The van der Waals surface area contributed by atoms with Gasteiger partial charge in [0.05, 0.1) is 6.61 Å². The molecule has 1 spiro atoms. The number of carbonyl (C=O) groups excluding carboxylic acids is 1. The molecule has 1 amide bonds. The van der Waals surface area contributed by atoms with E-state index in [-0.39, 0.29) is 12.0 Å². The van der Waals surface area contributed by atoms with Crippen LogP contribution in [-0.4, -0.2) is 36.6 Å². The van der Waals surface area contributed by atoms with Crippen LogP contribution in [0.25, 0.3) is 0 Å². The van der Waals surface area contributed by atoms with Crippen molar-refractivity contribution in [2.45, 2.75) is 25.9 Å². The summed E-state index contributed by atoms with van der Waals surface area (Å²) >= 11 is 0. The second-order valence-corrected chi connectivity index (χ2v) is 5.03. The first-order valence-corrected chi connectivity index (χ1v) is 5.09. The van der Waals surface area contributed by atoms with E-state index in [0.29, 0.717) is 12.0 Å². The molecule has 1 atom stereocenters. The van der Waals surface area contributed by atoms with Crippen molar-refractivity contribution in [3.05, 3.63) is 0 Å². The van der Waals surface area contributed by atoms with Crippen LogP contribution in [0.4, 0.5) is 0 Å². The maximum atomic E-state index is 11.5. The maximum Gasteiger partial charge on any atom is 0.254 e. The lowest BCUT2D eigenvalue weighted by Crippen LogP contribution is -2.64. The quantitative estimate of drug-likeness (QED) is 0.556. The van der Waals surface area contributed by atoms with Crippen molar-refractivity contribution in [3.8, 4) is 0 Å². The molecule has 3 heteroatoms. The Balaban J connectivity index is 1.54. The Labute approximate surface area is 78.0 Å². The van der Waals surface area contributed by atoms with Gasteiger partial charge in [0.1, 0.15) is 0 Å². The van der Waals surface area contributed by atoms with Gasteiger partial charge in [-0.05, 0) is 18.8 Å². The van der Waals surface area contributed by atoms with Crippen LogP contribution in [-0.2, 0) is 9.53 Å². The number of carbonyl (C=O) groups is 1. The summed E-state index contributed by atoms with van der Waals surface area (Å²) < 4.78 is 4.98. The summed E-state index contributed by atoms with van der Waals surface area (Å²) in [5.74, 6) is 1.11. The average Bonchev–Trinajstić information content (AvgIpc) is 2.73. The first-order valence-electron chi connectivity index (χ1n) is 5.09. The van der Waals surface area contributed by atoms with Gasteiger partial charge in [-0.25, -0.2) is 0 Å². The van der Waals surface area contributed by atoms with E-state index in [2.05, 4.69) is 6.92 Å². The van der Waals surface area contributed by atoms with Crippen LogP contribution in [0.5, 0.6) is 0 Å². The van der Waals surface area contributed by atoms with E-state index in [4.69, 9.17) is 4.74 Å². The Bertz CT molecular complexity index is 246. The lowest BCUT2D eigenvalue weighted by molar-refractivity contribution is -0.155. The highest BCUT2D eigenvalue weighted by molar-refractivity contribution is 5.83. The molecule has 2 saturated heterocycles. The summed E-state index contributed by atoms with van der Waals surface area (Å²) in [7, 11) is 0. The van der Waals surface area contributed by atoms with Gasteiger partial charge in [-0.3, -0.25) is 4.79 Å². The smallest absolute Gasteiger partial charge is 0.254 e. The molecule has 1 aliphatic carbocycles. The Morgan fingerprint density at radius 2 is 2.08 bits per heavy atom. The largest absolute Gasteiger partial charge is 0.363 e. The van der Waals surface area contributed by atoms with Gasteiger partial charge in [-0.15, -0.1) is 0 Å². The zero-order valence-electron chi connectivity index (χ0n) is 7.95. The zero-order valence-corrected chi connectivity index (χ0v) is 7.95. The molecule has 1 unspecified atom stereocenters. The lowest BCUT2D eigenvalue weighted by Gasteiger charge is -2.58. The van der Waals surface area contributed by atoms with E-state index in [1.807, 2.05) is 4.90 Å². The Morgan fingerprint density at radius 1 is 1.46 bits per heavy atom. The van der Waals surface area contributed by atoms with Crippen molar-refractivity contribution in [1.29, 1.82) is 0 Å². The van der Waals surface area contributed by atoms with Crippen LogP contribution in [0, 0.1) is 11.3 Å². The fourth-order valence-corrected chi connectivity index (χ4v) is 2.99. The molecular weight excluding hydrogens is 166 g/mol. The molecule has 0 aromatic carbocycles. The van der Waals surface area contributed by atoms with Crippen molar-refractivity contribution in [1.82, 2.24) is 4.90 Å². The molecule has 2 heterocycles. The standard InChI is InChI=1S/C10H15NO2/c1-7-2-10(3-7)5-11(6-10)9(12)8-4-13-8/h7-8H,2-6H2,1H3. The average molecular weight is 181 g/mol. The molecule has 3 aliphatic rings. The number of epoxide rings is 1. The number of ether oxygens (including phenoxy) is 1. The summed E-state index contributed by atoms with van der Waals surface area (Å²) in [5.41, 5.74) is 0.532. The SMILES string of the molecule is CC1CC2(C1)CN(C(=O)C1CO1)C2. The highest BCUT2D eigenvalue weighted by Crippen LogP contribution is 2.51. The van der Waals surface area contributed by atoms with E-state index in [0.717, 1.165) is 19.0 Å². The molecule has 0 N–H and O–H groups in total. The van der Waals surface area contributed by atoms with Crippen LogP contribution in [0.2, 0.25) is 0 Å². The fraction of sp³-hybridized carbons (Fsp3) is 0.900. The number of hydrogen-bond donors (Lipinski definition) is 0. The third-order valence-electron chi connectivity index (χ3n) is 3.54. The number of amides is 1. The van der Waals surface area contributed by atoms with Crippen LogP contribution >= 0.6 is 0 Å². The van der Waals surface area contributed by atoms with Crippen molar-refractivity contribution in [3.63, 3.8) is 0 Å². The van der Waals surface area contributed by atoms with Crippen LogP contribution in [0.1, 0.15) is 19.8 Å². The van der Waals surface area contributed by atoms with Crippen molar-refractivity contribution in [2.75, 3.05) is 19.7 Å². The molecule has 0 aromatic heterocycles. The number of nitrogens with zero attached hydrogens (tertiary/aromatic N) is 1. The minimum absolute atomic E-state index is 0.0742. The summed E-state index contributed by atoms with van der Waals surface area (Å²) in [6, 6.07) is 0. The molecule has 3 nitrogen and oxygen atoms in total. The lowest BCUT2D eigenvalue weighted by atomic mass is 9.58. The molecule has 0 bridgehead atoms. The maximum absolute atomic E-state index is 11.5. The molecule has 2 aliphatic heterocycles. The molecule has 3 rings (SSSR count). The van der Waals surface area contributed by atoms with Gasteiger partial charge in [-0.1, -0.05) is 6.92 Å². The van der Waals surface area contributed by atoms with Gasteiger partial charge in [0.2, 0.25) is 0 Å². The Hall–Kier alpha value is -0.570. The summed E-state index contributed by atoms with van der Waals surface area (Å²) in [4.78, 5) is 13.5. The van der Waals surface area contributed by atoms with Gasteiger partial charge >= 0.3 is 0 Å². The van der Waals surface area contributed by atoms with Gasteiger partial charge in [0, 0.05) is 18.5 Å². The molecule has 3 fully saturated rings. The van der Waals surface area contributed by atoms with E-state index >= 15 is 0 Å². The number of likely N-dealkylation sites (tertiary alicyclic amines) is 1. The summed E-state index contributed by atoms with van der Waals surface area (Å²) in [6.45, 7) is 4.94. The van der Waals surface area contributed by atoms with Crippen LogP contribution in [0.3, 0.4) is 0 Å². The van der Waals surface area contributed by atoms with Crippen molar-refractivity contribution < 1.29 is 9.53 Å². The molecule has 0 radical (unpaired) electrons. The normalized spacial score (nSPS) is 35.5. The van der Waals surface area contributed by atoms with Crippen molar-refractivity contribution >= 4 is 5.91 Å². The second kappa shape index (κ2) is 2.27. The van der Waals surface area contributed by atoms with E-state index in [1.165, 1.54) is 12.8 Å². The first-order chi connectivity index (χ1) is 6.19. The van der Waals surface area contributed by atoms with E-state index in [1.54, 1.807) is 0 Å². The summed E-state index contributed by atoms with van der Waals surface area (Å²) in [5, 5.41) is 0. The number of rotatable bonds is 1. The molecule has 0 aromatic rings. The topological polar surface area (TPSA) is 32.8 Å². The highest BCUT2D eigenvalue weighted by atomic mass is 16.6.